The minimum absolute atomic E-state index is 0.177. The first-order valence-corrected chi connectivity index (χ1v) is 10.4. The Morgan fingerprint density at radius 2 is 1.62 bits per heavy atom. The van der Waals surface area contributed by atoms with Gasteiger partial charge in [0, 0.05) is 16.5 Å². The number of fused-ring (bicyclic) bond motifs is 3. The molecule has 1 aliphatic rings. The van der Waals surface area contributed by atoms with Crippen molar-refractivity contribution in [3.05, 3.63) is 125 Å². The van der Waals surface area contributed by atoms with Crippen molar-refractivity contribution in [2.75, 3.05) is 0 Å². The van der Waals surface area contributed by atoms with Gasteiger partial charge in [0.05, 0.1) is 5.92 Å². The smallest absolute Gasteiger partial charge is 0.257 e. The molecule has 1 amide bonds. The van der Waals surface area contributed by atoms with E-state index in [1.54, 1.807) is 24.3 Å². The highest BCUT2D eigenvalue weighted by atomic mass is 16.5. The van der Waals surface area contributed by atoms with Crippen molar-refractivity contribution in [2.24, 2.45) is 0 Å². The molecule has 0 fully saturated rings. The number of ether oxygens (including phenoxy) is 1. The normalized spacial score (nSPS) is 14.9. The number of rotatable bonds is 3. The summed E-state index contributed by atoms with van der Waals surface area (Å²) < 4.78 is 6.24. The van der Waals surface area contributed by atoms with E-state index in [-0.39, 0.29) is 17.7 Å². The molecule has 1 atom stereocenters. The zero-order valence-electron chi connectivity index (χ0n) is 17.5. The van der Waals surface area contributed by atoms with Crippen LogP contribution in [0, 0.1) is 18.3 Å². The standard InChI is InChI=1S/C28H20N2O2/c1-18-11-13-20(14-12-18)25-23-16-15-19-7-5-6-10-22(19)26(23)32-28(24(25)17-29)30-27(31)21-8-3-2-4-9-21/h2-16,25H,1H3,(H,30,31). The van der Waals surface area contributed by atoms with Crippen LogP contribution in [-0.4, -0.2) is 5.91 Å². The number of benzene rings is 4. The van der Waals surface area contributed by atoms with Crippen molar-refractivity contribution in [1.82, 2.24) is 5.32 Å². The van der Waals surface area contributed by atoms with Crippen LogP contribution in [0.4, 0.5) is 0 Å². The lowest BCUT2D eigenvalue weighted by Gasteiger charge is -2.29. The largest absolute Gasteiger partial charge is 0.439 e. The molecule has 0 saturated heterocycles. The summed E-state index contributed by atoms with van der Waals surface area (Å²) in [5.41, 5.74) is 3.89. The van der Waals surface area contributed by atoms with Crippen molar-refractivity contribution >= 4 is 16.7 Å². The average molecular weight is 416 g/mol. The summed E-state index contributed by atoms with van der Waals surface area (Å²) in [7, 11) is 0. The molecule has 0 spiro atoms. The lowest BCUT2D eigenvalue weighted by atomic mass is 9.82. The van der Waals surface area contributed by atoms with Crippen LogP contribution in [0.5, 0.6) is 5.75 Å². The molecule has 0 bridgehead atoms. The van der Waals surface area contributed by atoms with Crippen molar-refractivity contribution in [2.45, 2.75) is 12.8 Å². The molecule has 0 radical (unpaired) electrons. The highest BCUT2D eigenvalue weighted by Crippen LogP contribution is 2.45. The number of carbonyl (C=O) groups is 1. The summed E-state index contributed by atoms with van der Waals surface area (Å²) in [4.78, 5) is 12.9. The maximum Gasteiger partial charge on any atom is 0.257 e. The van der Waals surface area contributed by atoms with Crippen molar-refractivity contribution in [1.29, 1.82) is 5.26 Å². The summed E-state index contributed by atoms with van der Waals surface area (Å²) in [6, 6.07) is 31.3. The van der Waals surface area contributed by atoms with Crippen LogP contribution in [0.2, 0.25) is 0 Å². The second kappa shape index (κ2) is 8.05. The number of allylic oxidation sites excluding steroid dienone is 1. The summed E-state index contributed by atoms with van der Waals surface area (Å²) in [6.45, 7) is 2.03. The summed E-state index contributed by atoms with van der Waals surface area (Å²) >= 11 is 0. The molecule has 5 rings (SSSR count). The Labute approximate surface area is 186 Å². The predicted octanol–water partition coefficient (Wildman–Crippen LogP) is 5.84. The number of aryl methyl sites for hydroxylation is 1. The molecule has 0 aliphatic carbocycles. The Morgan fingerprint density at radius 3 is 2.38 bits per heavy atom. The predicted molar refractivity (Wildman–Crippen MR) is 124 cm³/mol. The number of nitrogens with zero attached hydrogens (tertiary/aromatic N) is 1. The van der Waals surface area contributed by atoms with E-state index in [9.17, 15) is 10.1 Å². The number of carbonyl (C=O) groups excluding carboxylic acids is 1. The summed E-state index contributed by atoms with van der Waals surface area (Å²) in [5, 5.41) is 14.9. The lowest BCUT2D eigenvalue weighted by molar-refractivity contribution is 0.0948. The minimum Gasteiger partial charge on any atom is -0.439 e. The molecule has 154 valence electrons. The second-order valence-electron chi connectivity index (χ2n) is 7.83. The van der Waals surface area contributed by atoms with E-state index >= 15 is 0 Å². The zero-order valence-corrected chi connectivity index (χ0v) is 17.5. The molecule has 1 unspecified atom stereocenters. The van der Waals surface area contributed by atoms with Gasteiger partial charge < -0.3 is 4.74 Å². The molecule has 4 nitrogen and oxygen atoms in total. The number of hydrogen-bond donors (Lipinski definition) is 1. The number of nitriles is 1. The van der Waals surface area contributed by atoms with Crippen LogP contribution in [-0.2, 0) is 0 Å². The highest BCUT2D eigenvalue weighted by Gasteiger charge is 2.33. The van der Waals surface area contributed by atoms with E-state index < -0.39 is 0 Å². The molecule has 32 heavy (non-hydrogen) atoms. The van der Waals surface area contributed by atoms with E-state index in [0.717, 1.165) is 27.5 Å². The third-order valence-electron chi connectivity index (χ3n) is 5.75. The fraction of sp³-hybridized carbons (Fsp3) is 0.0714. The average Bonchev–Trinajstić information content (AvgIpc) is 2.84. The van der Waals surface area contributed by atoms with Crippen LogP contribution in [0.25, 0.3) is 10.8 Å². The fourth-order valence-corrected chi connectivity index (χ4v) is 4.12. The molecular weight excluding hydrogens is 396 g/mol. The topological polar surface area (TPSA) is 62.1 Å². The van der Waals surface area contributed by atoms with Gasteiger partial charge in [-0.1, -0.05) is 84.4 Å². The van der Waals surface area contributed by atoms with Gasteiger partial charge in [-0.2, -0.15) is 5.26 Å². The van der Waals surface area contributed by atoms with Gasteiger partial charge in [0.15, 0.2) is 0 Å². The van der Waals surface area contributed by atoms with Gasteiger partial charge in [0.1, 0.15) is 17.4 Å². The Balaban J connectivity index is 1.69. The molecule has 1 heterocycles. The van der Waals surface area contributed by atoms with Gasteiger partial charge >= 0.3 is 0 Å². The van der Waals surface area contributed by atoms with Crippen LogP contribution in [0.3, 0.4) is 0 Å². The number of amides is 1. The Kier molecular flexibility index (Phi) is 4.93. The first-order valence-electron chi connectivity index (χ1n) is 10.4. The quantitative estimate of drug-likeness (QED) is 0.456. The third-order valence-corrected chi connectivity index (χ3v) is 5.75. The molecule has 4 heteroatoms. The van der Waals surface area contributed by atoms with Crippen LogP contribution in [0.15, 0.2) is 102 Å². The highest BCUT2D eigenvalue weighted by molar-refractivity contribution is 5.96. The van der Waals surface area contributed by atoms with Crippen molar-refractivity contribution in [3.63, 3.8) is 0 Å². The molecule has 1 aliphatic heterocycles. The third kappa shape index (κ3) is 3.40. The van der Waals surface area contributed by atoms with Crippen molar-refractivity contribution < 1.29 is 9.53 Å². The maximum atomic E-state index is 12.9. The Bertz CT molecular complexity index is 1400. The monoisotopic (exact) mass is 416 g/mol. The van der Waals surface area contributed by atoms with Crippen LogP contribution < -0.4 is 10.1 Å². The van der Waals surface area contributed by atoms with E-state index in [1.165, 1.54) is 0 Å². The van der Waals surface area contributed by atoms with Gasteiger partial charge in [-0.3, -0.25) is 10.1 Å². The molecule has 4 aromatic carbocycles. The van der Waals surface area contributed by atoms with Gasteiger partial charge in [-0.15, -0.1) is 0 Å². The summed E-state index contributed by atoms with van der Waals surface area (Å²) in [5.74, 6) is 0.173. The van der Waals surface area contributed by atoms with Gasteiger partial charge in [-0.05, 0) is 30.0 Å². The van der Waals surface area contributed by atoms with Gasteiger partial charge in [0.25, 0.3) is 5.91 Å². The van der Waals surface area contributed by atoms with Gasteiger partial charge in [0.2, 0.25) is 5.88 Å². The van der Waals surface area contributed by atoms with E-state index in [4.69, 9.17) is 4.74 Å². The van der Waals surface area contributed by atoms with Crippen LogP contribution >= 0.6 is 0 Å². The van der Waals surface area contributed by atoms with E-state index in [0.29, 0.717) is 16.9 Å². The van der Waals surface area contributed by atoms with E-state index in [2.05, 4.69) is 11.4 Å². The number of nitrogens with one attached hydrogen (secondary N) is 1. The Hall–Kier alpha value is -4.36. The molecule has 0 saturated carbocycles. The van der Waals surface area contributed by atoms with E-state index in [1.807, 2.05) is 73.7 Å². The fourth-order valence-electron chi connectivity index (χ4n) is 4.12. The second-order valence-corrected chi connectivity index (χ2v) is 7.83. The maximum absolute atomic E-state index is 12.9. The molecular formula is C28H20N2O2. The summed E-state index contributed by atoms with van der Waals surface area (Å²) in [6.07, 6.45) is 0. The lowest BCUT2D eigenvalue weighted by Crippen LogP contribution is -2.31. The molecule has 0 aromatic heterocycles. The first kappa shape index (κ1) is 19.6. The zero-order chi connectivity index (χ0) is 22.1. The SMILES string of the molecule is Cc1ccc(C2C(C#N)=C(NC(=O)c3ccccc3)Oc3c2ccc2ccccc32)cc1. The molecule has 1 N–H and O–H groups in total. The van der Waals surface area contributed by atoms with Crippen molar-refractivity contribution in [3.8, 4) is 11.8 Å². The minimum atomic E-state index is -0.347. The molecule has 4 aromatic rings. The Morgan fingerprint density at radius 1 is 0.906 bits per heavy atom. The van der Waals surface area contributed by atoms with Crippen LogP contribution in [0.1, 0.15) is 33.0 Å². The number of hydrogen-bond acceptors (Lipinski definition) is 3. The first-order chi connectivity index (χ1) is 15.7. The van der Waals surface area contributed by atoms with Gasteiger partial charge in [-0.25, -0.2) is 0 Å².